The number of nitrogens with one attached hydrogen (secondary N) is 1. The smallest absolute Gasteiger partial charge is 0.286 e. The highest BCUT2D eigenvalue weighted by Crippen LogP contribution is 2.28. The molecule has 1 aliphatic rings. The number of hydrogen-bond acceptors (Lipinski definition) is 3. The van der Waals surface area contributed by atoms with Gasteiger partial charge in [-0.1, -0.05) is 48.5 Å². The van der Waals surface area contributed by atoms with E-state index in [1.165, 1.54) is 4.90 Å². The van der Waals surface area contributed by atoms with Gasteiger partial charge in [-0.3, -0.25) is 9.69 Å². The third kappa shape index (κ3) is 5.06. The number of carbonyl (C=O) groups is 1. The zero-order valence-corrected chi connectivity index (χ0v) is 18.0. The van der Waals surface area contributed by atoms with E-state index in [-0.39, 0.29) is 5.91 Å². The zero-order chi connectivity index (χ0) is 21.5. The third-order valence-corrected chi connectivity index (χ3v) is 5.66. The van der Waals surface area contributed by atoms with Crippen molar-refractivity contribution in [3.8, 4) is 5.75 Å². The van der Waals surface area contributed by atoms with Gasteiger partial charge < -0.3 is 14.5 Å². The van der Waals surface area contributed by atoms with E-state index in [9.17, 15) is 4.79 Å². The van der Waals surface area contributed by atoms with Crippen LogP contribution in [0.1, 0.15) is 6.92 Å². The van der Waals surface area contributed by atoms with Crippen LogP contribution in [0.3, 0.4) is 0 Å². The lowest BCUT2D eigenvalue weighted by molar-refractivity contribution is -0.892. The summed E-state index contributed by atoms with van der Waals surface area (Å²) in [6.07, 6.45) is 0. The molecule has 1 N–H and O–H groups in total. The van der Waals surface area contributed by atoms with Crippen LogP contribution in [0.25, 0.3) is 0 Å². The van der Waals surface area contributed by atoms with Crippen LogP contribution >= 0.6 is 0 Å². The number of hydrogen-bond donors (Lipinski definition) is 1. The first-order valence-electron chi connectivity index (χ1n) is 11.0. The van der Waals surface area contributed by atoms with Gasteiger partial charge in [-0.05, 0) is 43.3 Å². The van der Waals surface area contributed by atoms with Crippen molar-refractivity contribution in [2.45, 2.75) is 6.92 Å². The van der Waals surface area contributed by atoms with Gasteiger partial charge in [-0.2, -0.15) is 0 Å². The summed E-state index contributed by atoms with van der Waals surface area (Å²) in [5.74, 6) is 1.06. The second-order valence-corrected chi connectivity index (χ2v) is 7.71. The van der Waals surface area contributed by atoms with Crippen LogP contribution in [0.2, 0.25) is 0 Å². The van der Waals surface area contributed by atoms with Crippen LogP contribution in [-0.4, -0.2) is 45.2 Å². The Morgan fingerprint density at radius 3 is 2.00 bits per heavy atom. The molecule has 4 rings (SSSR count). The van der Waals surface area contributed by atoms with Crippen LogP contribution in [0, 0.1) is 0 Å². The topological polar surface area (TPSA) is 37.2 Å². The molecular weight excluding hydrogens is 386 g/mol. The van der Waals surface area contributed by atoms with Crippen LogP contribution in [0.15, 0.2) is 84.9 Å². The Bertz CT molecular complexity index is 931. The molecule has 0 saturated carbocycles. The van der Waals surface area contributed by atoms with E-state index in [0.29, 0.717) is 13.2 Å². The third-order valence-electron chi connectivity index (χ3n) is 5.66. The Hall–Kier alpha value is -3.31. The average Bonchev–Trinajstić information content (AvgIpc) is 2.82. The lowest BCUT2D eigenvalue weighted by Crippen LogP contribution is -3.15. The van der Waals surface area contributed by atoms with Crippen LogP contribution in [0.4, 0.5) is 17.1 Å². The minimum Gasteiger partial charge on any atom is -0.492 e. The van der Waals surface area contributed by atoms with Crippen molar-refractivity contribution >= 4 is 23.0 Å². The highest BCUT2D eigenvalue weighted by Gasteiger charge is 2.27. The van der Waals surface area contributed by atoms with Gasteiger partial charge in [0.25, 0.3) is 5.91 Å². The molecule has 0 aliphatic carbocycles. The summed E-state index contributed by atoms with van der Waals surface area (Å²) in [6.45, 7) is 6.80. The Morgan fingerprint density at radius 1 is 0.871 bits per heavy atom. The minimum absolute atomic E-state index is 0.121. The molecule has 0 atom stereocenters. The molecule has 31 heavy (non-hydrogen) atoms. The summed E-state index contributed by atoms with van der Waals surface area (Å²) >= 11 is 0. The second kappa shape index (κ2) is 10.1. The van der Waals surface area contributed by atoms with Crippen molar-refractivity contribution in [2.24, 2.45) is 0 Å². The predicted octanol–water partition coefficient (Wildman–Crippen LogP) is 3.16. The van der Waals surface area contributed by atoms with Crippen molar-refractivity contribution in [2.75, 3.05) is 49.1 Å². The average molecular weight is 417 g/mol. The van der Waals surface area contributed by atoms with Crippen molar-refractivity contribution in [3.63, 3.8) is 0 Å². The van der Waals surface area contributed by atoms with Gasteiger partial charge in [0.15, 0.2) is 6.54 Å². The maximum Gasteiger partial charge on any atom is 0.286 e. The Labute approximate surface area is 184 Å². The molecule has 1 amide bonds. The number of carbonyl (C=O) groups excluding carboxylic acids is 1. The van der Waals surface area contributed by atoms with Gasteiger partial charge >= 0.3 is 0 Å². The van der Waals surface area contributed by atoms with E-state index >= 15 is 0 Å². The van der Waals surface area contributed by atoms with Crippen molar-refractivity contribution in [1.29, 1.82) is 0 Å². The van der Waals surface area contributed by atoms with Crippen molar-refractivity contribution in [1.82, 2.24) is 0 Å². The van der Waals surface area contributed by atoms with E-state index in [2.05, 4.69) is 17.0 Å². The normalized spacial score (nSPS) is 14.3. The fraction of sp³-hybridized carbons (Fsp3) is 0.269. The summed E-state index contributed by atoms with van der Waals surface area (Å²) in [5, 5.41) is 0. The molecule has 0 radical (unpaired) electrons. The zero-order valence-electron chi connectivity index (χ0n) is 18.0. The fourth-order valence-corrected chi connectivity index (χ4v) is 4.12. The van der Waals surface area contributed by atoms with E-state index in [1.807, 2.05) is 84.6 Å². The number of rotatable bonds is 7. The minimum atomic E-state index is 0.121. The quantitative estimate of drug-likeness (QED) is 0.643. The SMILES string of the molecule is CCOc1ccccc1N1CC[NH+](CC(=O)N(c2ccccc2)c2ccccc2)CC1. The number of ether oxygens (including phenoxy) is 1. The summed E-state index contributed by atoms with van der Waals surface area (Å²) in [4.78, 5) is 18.9. The number of piperazine rings is 1. The van der Waals surface area contributed by atoms with Crippen LogP contribution in [-0.2, 0) is 4.79 Å². The molecule has 0 spiro atoms. The van der Waals surface area contributed by atoms with E-state index in [4.69, 9.17) is 4.74 Å². The van der Waals surface area contributed by atoms with Gasteiger partial charge in [-0.15, -0.1) is 0 Å². The Kier molecular flexibility index (Phi) is 6.85. The Morgan fingerprint density at radius 2 is 1.42 bits per heavy atom. The standard InChI is InChI=1S/C26H29N3O2/c1-2-31-25-16-10-9-15-24(25)28-19-17-27(18-20-28)21-26(30)29(22-11-5-3-6-12-22)23-13-7-4-8-14-23/h3-16H,2,17-21H2,1H3/p+1. The number of para-hydroxylation sites is 4. The number of benzene rings is 3. The van der Waals surface area contributed by atoms with Crippen LogP contribution in [0.5, 0.6) is 5.75 Å². The predicted molar refractivity (Wildman–Crippen MR) is 125 cm³/mol. The largest absolute Gasteiger partial charge is 0.492 e. The van der Waals surface area contributed by atoms with Gasteiger partial charge in [0.05, 0.1) is 38.5 Å². The molecule has 160 valence electrons. The molecule has 0 aromatic heterocycles. The summed E-state index contributed by atoms with van der Waals surface area (Å²) in [5.41, 5.74) is 2.95. The van der Waals surface area contributed by atoms with Gasteiger partial charge in [0.1, 0.15) is 5.75 Å². The van der Waals surface area contributed by atoms with Crippen molar-refractivity contribution < 1.29 is 14.4 Å². The fourth-order valence-electron chi connectivity index (χ4n) is 4.12. The van der Waals surface area contributed by atoms with Gasteiger partial charge in [0.2, 0.25) is 0 Å². The van der Waals surface area contributed by atoms with E-state index < -0.39 is 0 Å². The Balaban J connectivity index is 1.43. The first kappa shape index (κ1) is 20.9. The van der Waals surface area contributed by atoms with Crippen LogP contribution < -0.4 is 19.4 Å². The number of quaternary nitrogens is 1. The molecule has 1 aliphatic heterocycles. The summed E-state index contributed by atoms with van der Waals surface area (Å²) in [6, 6.07) is 28.0. The molecule has 0 bridgehead atoms. The summed E-state index contributed by atoms with van der Waals surface area (Å²) in [7, 11) is 0. The molecular formula is C26H30N3O2+. The maximum absolute atomic E-state index is 13.4. The molecule has 5 heteroatoms. The number of anilines is 3. The first-order valence-corrected chi connectivity index (χ1v) is 11.0. The lowest BCUT2D eigenvalue weighted by Gasteiger charge is -2.35. The maximum atomic E-state index is 13.4. The molecule has 0 unspecified atom stereocenters. The highest BCUT2D eigenvalue weighted by molar-refractivity contribution is 6.01. The van der Waals surface area contributed by atoms with E-state index in [1.54, 1.807) is 0 Å². The highest BCUT2D eigenvalue weighted by atomic mass is 16.5. The number of nitrogens with zero attached hydrogens (tertiary/aromatic N) is 2. The summed E-state index contributed by atoms with van der Waals surface area (Å²) < 4.78 is 5.80. The number of amides is 1. The van der Waals surface area contributed by atoms with Gasteiger partial charge in [-0.25, -0.2) is 0 Å². The molecule has 3 aromatic rings. The molecule has 1 saturated heterocycles. The lowest BCUT2D eigenvalue weighted by atomic mass is 10.2. The molecule has 3 aromatic carbocycles. The molecule has 1 fully saturated rings. The van der Waals surface area contributed by atoms with Gasteiger partial charge in [0, 0.05) is 11.4 Å². The van der Waals surface area contributed by atoms with Crippen molar-refractivity contribution in [3.05, 3.63) is 84.9 Å². The molecule has 5 nitrogen and oxygen atoms in total. The monoisotopic (exact) mass is 416 g/mol. The molecule has 1 heterocycles. The van der Waals surface area contributed by atoms with E-state index in [0.717, 1.165) is 49.0 Å². The first-order chi connectivity index (χ1) is 15.3. The second-order valence-electron chi connectivity index (χ2n) is 7.71.